The van der Waals surface area contributed by atoms with Crippen LogP contribution in [0.4, 0.5) is 5.69 Å². The number of halogens is 1. The number of aromatic nitrogens is 2. The highest BCUT2D eigenvalue weighted by molar-refractivity contribution is 9.10. The van der Waals surface area contributed by atoms with Crippen molar-refractivity contribution in [3.05, 3.63) is 46.2 Å². The second-order valence-electron chi connectivity index (χ2n) is 5.14. The number of carbonyl (C=O) groups is 1. The summed E-state index contributed by atoms with van der Waals surface area (Å²) in [4.78, 5) is 12.2. The van der Waals surface area contributed by atoms with Crippen molar-refractivity contribution in [3.63, 3.8) is 0 Å². The lowest BCUT2D eigenvalue weighted by molar-refractivity contribution is -0.119. The highest BCUT2D eigenvalue weighted by Crippen LogP contribution is 2.25. The van der Waals surface area contributed by atoms with Gasteiger partial charge in [-0.05, 0) is 65.4 Å². The van der Waals surface area contributed by atoms with Crippen LogP contribution in [0.1, 0.15) is 30.5 Å². The maximum atomic E-state index is 12.2. The summed E-state index contributed by atoms with van der Waals surface area (Å²) in [6.07, 6.45) is 6.96. The molecule has 0 saturated carbocycles. The third kappa shape index (κ3) is 2.63. The van der Waals surface area contributed by atoms with Crippen molar-refractivity contribution in [3.8, 4) is 0 Å². The number of benzene rings is 1. The Bertz CT molecular complexity index is 650. The van der Waals surface area contributed by atoms with E-state index in [0.717, 1.165) is 23.0 Å². The van der Waals surface area contributed by atoms with E-state index in [1.165, 1.54) is 17.5 Å². The largest absolute Gasteiger partial charge is 0.324 e. The van der Waals surface area contributed by atoms with Gasteiger partial charge in [0, 0.05) is 11.9 Å². The van der Waals surface area contributed by atoms with Gasteiger partial charge in [0.1, 0.15) is 6.04 Å². The number of hydrogen-bond donors (Lipinski definition) is 1. The standard InChI is InChI=1S/C15H16BrN3O/c1-10(19-9-13(16)8-17-19)15(20)18-14-6-5-11-3-2-4-12(11)7-14/h5-10H,2-4H2,1H3,(H,18,20). The average molecular weight is 334 g/mol. The molecule has 2 aromatic rings. The molecule has 5 heteroatoms. The second-order valence-corrected chi connectivity index (χ2v) is 6.06. The maximum Gasteiger partial charge on any atom is 0.248 e. The zero-order chi connectivity index (χ0) is 14.1. The van der Waals surface area contributed by atoms with Crippen LogP contribution in [0, 0.1) is 0 Å². The van der Waals surface area contributed by atoms with Crippen LogP contribution in [0.25, 0.3) is 0 Å². The molecule has 104 valence electrons. The van der Waals surface area contributed by atoms with Gasteiger partial charge in [0.2, 0.25) is 5.91 Å². The van der Waals surface area contributed by atoms with Gasteiger partial charge in [0.05, 0.1) is 10.7 Å². The van der Waals surface area contributed by atoms with Gasteiger partial charge < -0.3 is 5.32 Å². The van der Waals surface area contributed by atoms with E-state index >= 15 is 0 Å². The molecular formula is C15H16BrN3O. The molecule has 1 heterocycles. The molecule has 1 aliphatic rings. The first kappa shape index (κ1) is 13.4. The van der Waals surface area contributed by atoms with Crippen LogP contribution in [-0.2, 0) is 17.6 Å². The number of rotatable bonds is 3. The van der Waals surface area contributed by atoms with Crippen LogP contribution in [0.3, 0.4) is 0 Å². The third-order valence-corrected chi connectivity index (χ3v) is 4.12. The van der Waals surface area contributed by atoms with Gasteiger partial charge in [0.25, 0.3) is 0 Å². The normalized spacial score (nSPS) is 14.9. The first-order valence-corrected chi connectivity index (χ1v) is 7.55. The van der Waals surface area contributed by atoms with Crippen molar-refractivity contribution in [1.82, 2.24) is 9.78 Å². The fourth-order valence-electron chi connectivity index (χ4n) is 2.54. The van der Waals surface area contributed by atoms with Crippen LogP contribution >= 0.6 is 15.9 Å². The second kappa shape index (κ2) is 5.40. The van der Waals surface area contributed by atoms with Crippen LogP contribution in [0.2, 0.25) is 0 Å². The highest BCUT2D eigenvalue weighted by Gasteiger charge is 2.17. The topological polar surface area (TPSA) is 46.9 Å². The molecule has 20 heavy (non-hydrogen) atoms. The fraction of sp³-hybridized carbons (Fsp3) is 0.333. The van der Waals surface area contributed by atoms with Crippen LogP contribution in [0.15, 0.2) is 35.1 Å². The predicted molar refractivity (Wildman–Crippen MR) is 81.7 cm³/mol. The van der Waals surface area contributed by atoms with Gasteiger partial charge in [-0.15, -0.1) is 0 Å². The number of hydrogen-bond acceptors (Lipinski definition) is 2. The molecule has 1 unspecified atom stereocenters. The lowest BCUT2D eigenvalue weighted by atomic mass is 10.1. The van der Waals surface area contributed by atoms with Crippen molar-refractivity contribution >= 4 is 27.5 Å². The van der Waals surface area contributed by atoms with Crippen molar-refractivity contribution < 1.29 is 4.79 Å². The third-order valence-electron chi connectivity index (χ3n) is 3.71. The average Bonchev–Trinajstić information content (AvgIpc) is 3.05. The van der Waals surface area contributed by atoms with Gasteiger partial charge in [-0.25, -0.2) is 0 Å². The molecule has 0 bridgehead atoms. The summed E-state index contributed by atoms with van der Waals surface area (Å²) in [6.45, 7) is 1.84. The molecule has 0 spiro atoms. The molecule has 0 radical (unpaired) electrons. The molecule has 3 rings (SSSR count). The van der Waals surface area contributed by atoms with Gasteiger partial charge in [0.15, 0.2) is 0 Å². The Kier molecular flexibility index (Phi) is 3.61. The monoisotopic (exact) mass is 333 g/mol. The summed E-state index contributed by atoms with van der Waals surface area (Å²) >= 11 is 3.34. The Balaban J connectivity index is 1.72. The summed E-state index contributed by atoms with van der Waals surface area (Å²) in [5, 5.41) is 7.11. The van der Waals surface area contributed by atoms with E-state index in [1.807, 2.05) is 13.0 Å². The van der Waals surface area contributed by atoms with Gasteiger partial charge >= 0.3 is 0 Å². The van der Waals surface area contributed by atoms with E-state index in [4.69, 9.17) is 0 Å². The maximum absolute atomic E-state index is 12.2. The van der Waals surface area contributed by atoms with E-state index in [9.17, 15) is 4.79 Å². The molecule has 1 aliphatic carbocycles. The minimum absolute atomic E-state index is 0.0569. The lowest BCUT2D eigenvalue weighted by Crippen LogP contribution is -2.24. The summed E-state index contributed by atoms with van der Waals surface area (Å²) < 4.78 is 2.52. The Hall–Kier alpha value is -1.62. The smallest absolute Gasteiger partial charge is 0.248 e. The van der Waals surface area contributed by atoms with E-state index in [2.05, 4.69) is 38.5 Å². The van der Waals surface area contributed by atoms with Crippen LogP contribution < -0.4 is 5.32 Å². The minimum Gasteiger partial charge on any atom is -0.324 e. The van der Waals surface area contributed by atoms with Crippen molar-refractivity contribution in [2.45, 2.75) is 32.2 Å². The molecule has 0 saturated heterocycles. The van der Waals surface area contributed by atoms with Gasteiger partial charge in [-0.3, -0.25) is 9.48 Å². The number of fused-ring (bicyclic) bond motifs is 1. The Morgan fingerprint density at radius 1 is 1.40 bits per heavy atom. The van der Waals surface area contributed by atoms with E-state index < -0.39 is 0 Å². The van der Waals surface area contributed by atoms with Crippen molar-refractivity contribution in [2.24, 2.45) is 0 Å². The van der Waals surface area contributed by atoms with Gasteiger partial charge in [-0.2, -0.15) is 5.10 Å². The molecule has 4 nitrogen and oxygen atoms in total. The molecule has 1 aromatic heterocycles. The molecule has 1 aromatic carbocycles. The first-order valence-electron chi connectivity index (χ1n) is 6.76. The molecule has 1 atom stereocenters. The van der Waals surface area contributed by atoms with E-state index in [-0.39, 0.29) is 11.9 Å². The minimum atomic E-state index is -0.338. The Morgan fingerprint density at radius 3 is 2.95 bits per heavy atom. The van der Waals surface area contributed by atoms with E-state index in [0.29, 0.717) is 0 Å². The lowest BCUT2D eigenvalue weighted by Gasteiger charge is -2.13. The van der Waals surface area contributed by atoms with Crippen molar-refractivity contribution in [1.29, 1.82) is 0 Å². The number of anilines is 1. The number of carbonyl (C=O) groups excluding carboxylic acids is 1. The first-order chi connectivity index (χ1) is 9.63. The van der Waals surface area contributed by atoms with Crippen LogP contribution in [0.5, 0.6) is 0 Å². The molecular weight excluding hydrogens is 318 g/mol. The molecule has 0 fully saturated rings. The molecule has 0 aliphatic heterocycles. The van der Waals surface area contributed by atoms with Crippen molar-refractivity contribution in [2.75, 3.05) is 5.32 Å². The molecule has 1 N–H and O–H groups in total. The summed E-state index contributed by atoms with van der Waals surface area (Å²) in [5.41, 5.74) is 3.64. The van der Waals surface area contributed by atoms with Crippen LogP contribution in [-0.4, -0.2) is 15.7 Å². The predicted octanol–water partition coefficient (Wildman–Crippen LogP) is 3.33. The zero-order valence-corrected chi connectivity index (χ0v) is 12.9. The SMILES string of the molecule is CC(C(=O)Nc1ccc2c(c1)CCC2)n1cc(Br)cn1. The zero-order valence-electron chi connectivity index (χ0n) is 11.3. The molecule has 1 amide bonds. The number of nitrogens with one attached hydrogen (secondary N) is 1. The van der Waals surface area contributed by atoms with E-state index in [1.54, 1.807) is 17.1 Å². The summed E-state index contributed by atoms with van der Waals surface area (Å²) in [7, 11) is 0. The Labute approximate surface area is 126 Å². The van der Waals surface area contributed by atoms with Gasteiger partial charge in [-0.1, -0.05) is 6.07 Å². The highest BCUT2D eigenvalue weighted by atomic mass is 79.9. The number of amides is 1. The summed E-state index contributed by atoms with van der Waals surface area (Å²) in [5.74, 6) is -0.0569. The number of nitrogens with zero attached hydrogens (tertiary/aromatic N) is 2. The fourth-order valence-corrected chi connectivity index (χ4v) is 2.84. The Morgan fingerprint density at radius 2 is 2.20 bits per heavy atom. The summed E-state index contributed by atoms with van der Waals surface area (Å²) in [6, 6.07) is 5.85. The quantitative estimate of drug-likeness (QED) is 0.936. The number of aryl methyl sites for hydroxylation is 2.